The molecular formula is C18H18N2O. The highest BCUT2D eigenvalue weighted by Crippen LogP contribution is 2.31. The normalized spacial score (nSPS) is 17.7. The van der Waals surface area contributed by atoms with E-state index in [-0.39, 0.29) is 11.9 Å². The van der Waals surface area contributed by atoms with Gasteiger partial charge in [-0.2, -0.15) is 5.10 Å². The van der Waals surface area contributed by atoms with E-state index in [1.807, 2.05) is 36.4 Å². The standard InChI is InChI=1S/C18H18N2O/c1-14(21)20-18(16-10-6-3-7-11-16)13-17(19-20)12-15-8-4-2-5-9-15/h2-11,18H,12-13H2,1H3. The predicted octanol–water partition coefficient (Wildman–Crippen LogP) is 3.58. The number of benzene rings is 2. The van der Waals surface area contributed by atoms with E-state index in [0.29, 0.717) is 0 Å². The van der Waals surface area contributed by atoms with Crippen LogP contribution in [0.3, 0.4) is 0 Å². The number of nitrogens with zero attached hydrogens (tertiary/aromatic N) is 2. The van der Waals surface area contributed by atoms with E-state index in [4.69, 9.17) is 0 Å². The third kappa shape index (κ3) is 3.02. The van der Waals surface area contributed by atoms with Gasteiger partial charge in [-0.25, -0.2) is 5.01 Å². The van der Waals surface area contributed by atoms with Gasteiger partial charge in [-0.05, 0) is 11.1 Å². The molecule has 1 atom stereocenters. The maximum absolute atomic E-state index is 11.8. The quantitative estimate of drug-likeness (QED) is 0.844. The molecule has 0 aromatic heterocycles. The van der Waals surface area contributed by atoms with Crippen molar-refractivity contribution in [2.75, 3.05) is 0 Å². The first kappa shape index (κ1) is 13.6. The van der Waals surface area contributed by atoms with Crippen molar-refractivity contribution in [3.8, 4) is 0 Å². The van der Waals surface area contributed by atoms with Gasteiger partial charge in [0.15, 0.2) is 0 Å². The molecule has 21 heavy (non-hydrogen) atoms. The van der Waals surface area contributed by atoms with Gasteiger partial charge >= 0.3 is 0 Å². The monoisotopic (exact) mass is 278 g/mol. The molecule has 0 saturated heterocycles. The van der Waals surface area contributed by atoms with Gasteiger partial charge in [0.05, 0.1) is 6.04 Å². The zero-order valence-electron chi connectivity index (χ0n) is 12.1. The van der Waals surface area contributed by atoms with E-state index in [1.165, 1.54) is 5.56 Å². The first-order valence-electron chi connectivity index (χ1n) is 7.19. The lowest BCUT2D eigenvalue weighted by molar-refractivity contribution is -0.130. The van der Waals surface area contributed by atoms with Crippen molar-refractivity contribution < 1.29 is 4.79 Å². The van der Waals surface area contributed by atoms with Crippen molar-refractivity contribution >= 4 is 11.6 Å². The van der Waals surface area contributed by atoms with Gasteiger partial charge in [-0.3, -0.25) is 4.79 Å². The van der Waals surface area contributed by atoms with Crippen LogP contribution in [0.1, 0.15) is 30.5 Å². The van der Waals surface area contributed by atoms with Gasteiger partial charge in [0.2, 0.25) is 5.91 Å². The van der Waals surface area contributed by atoms with Crippen LogP contribution in [0.25, 0.3) is 0 Å². The molecule has 1 heterocycles. The Morgan fingerprint density at radius 2 is 1.71 bits per heavy atom. The molecule has 0 radical (unpaired) electrons. The van der Waals surface area contributed by atoms with E-state index < -0.39 is 0 Å². The molecule has 3 heteroatoms. The van der Waals surface area contributed by atoms with Crippen LogP contribution in [-0.4, -0.2) is 16.6 Å². The summed E-state index contributed by atoms with van der Waals surface area (Å²) in [7, 11) is 0. The van der Waals surface area contributed by atoms with Crippen molar-refractivity contribution in [3.05, 3.63) is 71.8 Å². The molecule has 0 spiro atoms. The van der Waals surface area contributed by atoms with Gasteiger partial charge in [0.1, 0.15) is 0 Å². The summed E-state index contributed by atoms with van der Waals surface area (Å²) in [4.78, 5) is 11.8. The second-order valence-corrected chi connectivity index (χ2v) is 5.32. The first-order chi connectivity index (χ1) is 10.2. The van der Waals surface area contributed by atoms with Crippen LogP contribution >= 0.6 is 0 Å². The second-order valence-electron chi connectivity index (χ2n) is 5.32. The molecule has 0 bridgehead atoms. The number of rotatable bonds is 3. The topological polar surface area (TPSA) is 32.7 Å². The molecule has 0 N–H and O–H groups in total. The fourth-order valence-electron chi connectivity index (χ4n) is 2.74. The maximum Gasteiger partial charge on any atom is 0.240 e. The summed E-state index contributed by atoms with van der Waals surface area (Å²) in [6.07, 6.45) is 1.60. The summed E-state index contributed by atoms with van der Waals surface area (Å²) in [6, 6.07) is 20.4. The summed E-state index contributed by atoms with van der Waals surface area (Å²) in [6.45, 7) is 1.57. The molecule has 3 nitrogen and oxygen atoms in total. The van der Waals surface area contributed by atoms with Crippen molar-refractivity contribution in [2.24, 2.45) is 5.10 Å². The van der Waals surface area contributed by atoms with E-state index in [0.717, 1.165) is 24.1 Å². The lowest BCUT2D eigenvalue weighted by atomic mass is 9.98. The van der Waals surface area contributed by atoms with Crippen molar-refractivity contribution in [2.45, 2.75) is 25.8 Å². The second kappa shape index (κ2) is 5.92. The SMILES string of the molecule is CC(=O)N1N=C(Cc2ccccc2)CC1c1ccccc1. The smallest absolute Gasteiger partial charge is 0.240 e. The molecule has 1 aliphatic heterocycles. The largest absolute Gasteiger partial charge is 0.273 e. The lowest BCUT2D eigenvalue weighted by Gasteiger charge is -2.20. The third-order valence-corrected chi connectivity index (χ3v) is 3.73. The highest BCUT2D eigenvalue weighted by atomic mass is 16.2. The van der Waals surface area contributed by atoms with Crippen LogP contribution in [0.5, 0.6) is 0 Å². The fourth-order valence-corrected chi connectivity index (χ4v) is 2.74. The van der Waals surface area contributed by atoms with Crippen LogP contribution in [0.2, 0.25) is 0 Å². The number of hydrogen-bond acceptors (Lipinski definition) is 2. The fraction of sp³-hybridized carbons (Fsp3) is 0.222. The Kier molecular flexibility index (Phi) is 3.82. The lowest BCUT2D eigenvalue weighted by Crippen LogP contribution is -2.24. The number of hydrazone groups is 1. The minimum absolute atomic E-state index is 0.00749. The summed E-state index contributed by atoms with van der Waals surface area (Å²) >= 11 is 0. The maximum atomic E-state index is 11.8. The highest BCUT2D eigenvalue weighted by Gasteiger charge is 2.30. The van der Waals surface area contributed by atoms with E-state index >= 15 is 0 Å². The summed E-state index contributed by atoms with van der Waals surface area (Å²) in [5, 5.41) is 6.16. The third-order valence-electron chi connectivity index (χ3n) is 3.73. The molecule has 3 rings (SSSR count). The first-order valence-corrected chi connectivity index (χ1v) is 7.19. The molecule has 1 amide bonds. The van der Waals surface area contributed by atoms with Crippen molar-refractivity contribution in [1.82, 2.24) is 5.01 Å². The van der Waals surface area contributed by atoms with E-state index in [1.54, 1.807) is 11.9 Å². The number of amides is 1. The molecule has 0 fully saturated rings. The Hall–Kier alpha value is -2.42. The summed E-state index contributed by atoms with van der Waals surface area (Å²) in [5.74, 6) is -0.00749. The van der Waals surface area contributed by atoms with Crippen LogP contribution in [0.4, 0.5) is 0 Å². The van der Waals surface area contributed by atoms with Gasteiger partial charge in [0.25, 0.3) is 0 Å². The van der Waals surface area contributed by atoms with Crippen molar-refractivity contribution in [1.29, 1.82) is 0 Å². The average Bonchev–Trinajstić information content (AvgIpc) is 2.93. The number of carbonyl (C=O) groups excluding carboxylic acids is 1. The average molecular weight is 278 g/mol. The number of hydrogen-bond donors (Lipinski definition) is 0. The van der Waals surface area contributed by atoms with Gasteiger partial charge in [-0.15, -0.1) is 0 Å². The van der Waals surface area contributed by atoms with E-state index in [9.17, 15) is 4.79 Å². The Bertz CT molecular complexity index is 649. The zero-order chi connectivity index (χ0) is 14.7. The van der Waals surface area contributed by atoms with Crippen LogP contribution < -0.4 is 0 Å². The zero-order valence-corrected chi connectivity index (χ0v) is 12.1. The van der Waals surface area contributed by atoms with Crippen molar-refractivity contribution in [3.63, 3.8) is 0 Å². The summed E-state index contributed by atoms with van der Waals surface area (Å²) in [5.41, 5.74) is 3.43. The van der Waals surface area contributed by atoms with Crippen LogP contribution in [0, 0.1) is 0 Å². The molecule has 1 aliphatic rings. The Balaban J connectivity index is 1.82. The minimum atomic E-state index is -0.00749. The number of carbonyl (C=O) groups is 1. The van der Waals surface area contributed by atoms with E-state index in [2.05, 4.69) is 29.4 Å². The van der Waals surface area contributed by atoms with Gasteiger partial charge < -0.3 is 0 Å². The molecule has 2 aromatic carbocycles. The van der Waals surface area contributed by atoms with Crippen LogP contribution in [0.15, 0.2) is 65.8 Å². The molecular weight excluding hydrogens is 260 g/mol. The molecule has 1 unspecified atom stereocenters. The molecule has 0 saturated carbocycles. The molecule has 0 aliphatic carbocycles. The molecule has 2 aromatic rings. The summed E-state index contributed by atoms with van der Waals surface area (Å²) < 4.78 is 0. The van der Waals surface area contributed by atoms with Gasteiger partial charge in [0, 0.05) is 25.5 Å². The van der Waals surface area contributed by atoms with Gasteiger partial charge in [-0.1, -0.05) is 60.7 Å². The highest BCUT2D eigenvalue weighted by molar-refractivity contribution is 5.91. The predicted molar refractivity (Wildman–Crippen MR) is 83.9 cm³/mol. The minimum Gasteiger partial charge on any atom is -0.273 e. The molecule has 106 valence electrons. The van der Waals surface area contributed by atoms with Crippen LogP contribution in [-0.2, 0) is 11.2 Å². The Morgan fingerprint density at radius 3 is 2.33 bits per heavy atom. The Morgan fingerprint density at radius 1 is 1.10 bits per heavy atom. The Labute approximate surface area is 124 Å².